The molecule has 132 valence electrons. The van der Waals surface area contributed by atoms with Crippen LogP contribution in [0.15, 0.2) is 91.0 Å². The molecule has 0 saturated heterocycles. The van der Waals surface area contributed by atoms with Gasteiger partial charge in [0.05, 0.1) is 0 Å². The fraction of sp³-hybridized carbons (Fsp3) is 0.0400. The summed E-state index contributed by atoms with van der Waals surface area (Å²) in [7, 11) is 0. The van der Waals surface area contributed by atoms with Crippen LogP contribution in [0.2, 0.25) is 0 Å². The Labute approximate surface area is 158 Å². The first-order valence-corrected chi connectivity index (χ1v) is 8.91. The molecule has 0 aliphatic rings. The SMILES string of the molecule is CC(=C(c1ccc(O)cc1)c1ccc(O)cc1)c1ccc2ccccc2c1. The topological polar surface area (TPSA) is 40.5 Å². The Bertz CT molecular complexity index is 1070. The molecular formula is C25H20O2. The van der Waals surface area contributed by atoms with Crippen molar-refractivity contribution in [2.45, 2.75) is 6.92 Å². The van der Waals surface area contributed by atoms with Crippen molar-refractivity contribution in [3.05, 3.63) is 108 Å². The summed E-state index contributed by atoms with van der Waals surface area (Å²) in [5.41, 5.74) is 5.39. The molecule has 2 heteroatoms. The summed E-state index contributed by atoms with van der Waals surface area (Å²) in [6.07, 6.45) is 0. The van der Waals surface area contributed by atoms with Crippen molar-refractivity contribution in [2.75, 3.05) is 0 Å². The van der Waals surface area contributed by atoms with Gasteiger partial charge < -0.3 is 10.2 Å². The minimum absolute atomic E-state index is 0.243. The molecule has 0 aromatic heterocycles. The van der Waals surface area contributed by atoms with E-state index in [9.17, 15) is 10.2 Å². The van der Waals surface area contributed by atoms with E-state index in [0.29, 0.717) is 0 Å². The lowest BCUT2D eigenvalue weighted by atomic mass is 9.89. The summed E-state index contributed by atoms with van der Waals surface area (Å²) < 4.78 is 0. The van der Waals surface area contributed by atoms with Gasteiger partial charge in [0.25, 0.3) is 0 Å². The Balaban J connectivity index is 1.94. The molecule has 0 unspecified atom stereocenters. The zero-order chi connectivity index (χ0) is 18.8. The quantitative estimate of drug-likeness (QED) is 0.429. The molecule has 2 nitrogen and oxygen atoms in total. The van der Waals surface area contributed by atoms with Crippen molar-refractivity contribution >= 4 is 21.9 Å². The van der Waals surface area contributed by atoms with Crippen molar-refractivity contribution in [1.82, 2.24) is 0 Å². The number of allylic oxidation sites excluding steroid dienone is 1. The fourth-order valence-corrected chi connectivity index (χ4v) is 3.42. The van der Waals surface area contributed by atoms with Crippen LogP contribution < -0.4 is 0 Å². The number of phenols is 2. The van der Waals surface area contributed by atoms with E-state index in [1.165, 1.54) is 10.8 Å². The van der Waals surface area contributed by atoms with Gasteiger partial charge in [-0.3, -0.25) is 0 Å². The first-order chi connectivity index (χ1) is 13.1. The molecule has 0 spiro atoms. The van der Waals surface area contributed by atoms with Gasteiger partial charge in [-0.05, 0) is 75.9 Å². The summed E-state index contributed by atoms with van der Waals surface area (Å²) >= 11 is 0. The van der Waals surface area contributed by atoms with E-state index < -0.39 is 0 Å². The molecule has 2 N–H and O–H groups in total. The van der Waals surface area contributed by atoms with E-state index in [1.54, 1.807) is 24.3 Å². The largest absolute Gasteiger partial charge is 0.508 e. The lowest BCUT2D eigenvalue weighted by Crippen LogP contribution is -1.93. The van der Waals surface area contributed by atoms with E-state index >= 15 is 0 Å². The molecule has 0 amide bonds. The van der Waals surface area contributed by atoms with Crippen molar-refractivity contribution in [1.29, 1.82) is 0 Å². The van der Waals surface area contributed by atoms with Gasteiger partial charge >= 0.3 is 0 Å². The summed E-state index contributed by atoms with van der Waals surface area (Å²) in [4.78, 5) is 0. The van der Waals surface area contributed by atoms with Crippen LogP contribution in [0.5, 0.6) is 11.5 Å². The van der Waals surface area contributed by atoms with Crippen molar-refractivity contribution < 1.29 is 10.2 Å². The molecule has 4 aromatic rings. The van der Waals surface area contributed by atoms with Gasteiger partial charge in [0.1, 0.15) is 11.5 Å². The van der Waals surface area contributed by atoms with Crippen LogP contribution >= 0.6 is 0 Å². The first kappa shape index (κ1) is 16.9. The zero-order valence-electron chi connectivity index (χ0n) is 15.1. The number of rotatable bonds is 3. The number of hydrogen-bond acceptors (Lipinski definition) is 2. The highest BCUT2D eigenvalue weighted by atomic mass is 16.3. The van der Waals surface area contributed by atoms with E-state index in [1.807, 2.05) is 36.4 Å². The predicted octanol–water partition coefficient (Wildman–Crippen LogP) is 6.23. The van der Waals surface area contributed by atoms with E-state index in [-0.39, 0.29) is 11.5 Å². The third kappa shape index (κ3) is 3.42. The standard InChI is InChI=1S/C25H20O2/c1-17(21-7-6-18-4-2-3-5-22(18)16-21)25(19-8-12-23(26)13-9-19)20-10-14-24(27)15-11-20/h2-16,26-27H,1H3. The Morgan fingerprint density at radius 2 is 1.04 bits per heavy atom. The highest BCUT2D eigenvalue weighted by Gasteiger charge is 2.11. The van der Waals surface area contributed by atoms with E-state index in [0.717, 1.165) is 27.8 Å². The number of hydrogen-bond donors (Lipinski definition) is 2. The molecule has 0 radical (unpaired) electrons. The second-order valence-corrected chi connectivity index (χ2v) is 6.66. The summed E-state index contributed by atoms with van der Waals surface area (Å²) in [5.74, 6) is 0.485. The second-order valence-electron chi connectivity index (χ2n) is 6.66. The van der Waals surface area contributed by atoms with Crippen LogP contribution in [-0.4, -0.2) is 10.2 Å². The first-order valence-electron chi connectivity index (χ1n) is 8.91. The van der Waals surface area contributed by atoms with Crippen molar-refractivity contribution in [3.63, 3.8) is 0 Å². The van der Waals surface area contributed by atoms with Gasteiger partial charge in [-0.25, -0.2) is 0 Å². The Morgan fingerprint density at radius 1 is 0.556 bits per heavy atom. The molecule has 0 saturated carbocycles. The van der Waals surface area contributed by atoms with Crippen molar-refractivity contribution in [3.8, 4) is 11.5 Å². The van der Waals surface area contributed by atoms with Crippen molar-refractivity contribution in [2.24, 2.45) is 0 Å². The van der Waals surface area contributed by atoms with E-state index in [2.05, 4.69) is 37.3 Å². The molecule has 0 bridgehead atoms. The normalized spacial score (nSPS) is 10.7. The second kappa shape index (κ2) is 7.00. The number of aromatic hydroxyl groups is 2. The molecular weight excluding hydrogens is 332 g/mol. The molecule has 4 rings (SSSR count). The van der Waals surface area contributed by atoms with Crippen LogP contribution in [-0.2, 0) is 0 Å². The maximum atomic E-state index is 9.67. The average molecular weight is 352 g/mol. The maximum Gasteiger partial charge on any atom is 0.115 e. The van der Waals surface area contributed by atoms with Gasteiger partial charge in [-0.2, -0.15) is 0 Å². The summed E-state index contributed by atoms with van der Waals surface area (Å²) in [6.45, 7) is 2.11. The van der Waals surface area contributed by atoms with Crippen LogP contribution in [0.3, 0.4) is 0 Å². The third-order valence-electron chi connectivity index (χ3n) is 4.87. The molecule has 4 aromatic carbocycles. The Kier molecular flexibility index (Phi) is 4.39. The molecule has 0 aliphatic carbocycles. The van der Waals surface area contributed by atoms with Gasteiger partial charge in [0.2, 0.25) is 0 Å². The molecule has 0 fully saturated rings. The fourth-order valence-electron chi connectivity index (χ4n) is 3.42. The average Bonchev–Trinajstić information content (AvgIpc) is 2.70. The van der Waals surface area contributed by atoms with E-state index in [4.69, 9.17) is 0 Å². The highest BCUT2D eigenvalue weighted by Crippen LogP contribution is 2.34. The Hall–Kier alpha value is -3.52. The lowest BCUT2D eigenvalue weighted by molar-refractivity contribution is 0.475. The van der Waals surface area contributed by atoms with Crippen LogP contribution in [0, 0.1) is 0 Å². The molecule has 0 aliphatic heterocycles. The van der Waals surface area contributed by atoms with Gasteiger partial charge in [0, 0.05) is 0 Å². The number of benzene rings is 4. The number of phenolic OH excluding ortho intramolecular Hbond substituents is 2. The third-order valence-corrected chi connectivity index (χ3v) is 4.87. The number of fused-ring (bicyclic) bond motifs is 1. The van der Waals surface area contributed by atoms with Gasteiger partial charge in [-0.1, -0.05) is 60.7 Å². The molecule has 27 heavy (non-hydrogen) atoms. The highest BCUT2D eigenvalue weighted by molar-refractivity contribution is 5.99. The molecule has 0 atom stereocenters. The maximum absolute atomic E-state index is 9.67. The lowest BCUT2D eigenvalue weighted by Gasteiger charge is -2.15. The monoisotopic (exact) mass is 352 g/mol. The smallest absolute Gasteiger partial charge is 0.115 e. The van der Waals surface area contributed by atoms with Crippen LogP contribution in [0.25, 0.3) is 21.9 Å². The van der Waals surface area contributed by atoms with Gasteiger partial charge in [-0.15, -0.1) is 0 Å². The summed E-state index contributed by atoms with van der Waals surface area (Å²) in [5, 5.41) is 21.8. The molecule has 0 heterocycles. The van der Waals surface area contributed by atoms with Crippen LogP contribution in [0.4, 0.5) is 0 Å². The van der Waals surface area contributed by atoms with Crippen LogP contribution in [0.1, 0.15) is 23.6 Å². The zero-order valence-corrected chi connectivity index (χ0v) is 15.1. The minimum Gasteiger partial charge on any atom is -0.508 e. The Morgan fingerprint density at radius 3 is 1.59 bits per heavy atom. The predicted molar refractivity (Wildman–Crippen MR) is 112 cm³/mol. The summed E-state index contributed by atoms with van der Waals surface area (Å²) in [6, 6.07) is 29.3. The minimum atomic E-state index is 0.243. The van der Waals surface area contributed by atoms with Gasteiger partial charge in [0.15, 0.2) is 0 Å².